The molecule has 0 fully saturated rings. The Labute approximate surface area is 130 Å². The molecule has 1 aromatic carbocycles. The molecule has 0 bridgehead atoms. The summed E-state index contributed by atoms with van der Waals surface area (Å²) in [5.74, 6) is 2.37. The first-order valence-corrected chi connectivity index (χ1v) is 7.69. The van der Waals surface area contributed by atoms with Crippen LogP contribution in [0.1, 0.15) is 18.6 Å². The number of hydrogen-bond donors (Lipinski definition) is 0. The Hall–Kier alpha value is -2.42. The van der Waals surface area contributed by atoms with E-state index in [1.807, 2.05) is 31.2 Å². The Morgan fingerprint density at radius 2 is 2.18 bits per heavy atom. The first kappa shape index (κ1) is 14.5. The van der Waals surface area contributed by atoms with Gasteiger partial charge >= 0.3 is 0 Å². The van der Waals surface area contributed by atoms with Gasteiger partial charge in [0.2, 0.25) is 11.0 Å². The number of thioether (sulfide) groups is 1. The second kappa shape index (κ2) is 6.56. The summed E-state index contributed by atoms with van der Waals surface area (Å²) in [5.41, 5.74) is 0.790. The van der Waals surface area contributed by atoms with Gasteiger partial charge in [-0.2, -0.15) is 9.67 Å². The van der Waals surface area contributed by atoms with Gasteiger partial charge < -0.3 is 9.26 Å². The van der Waals surface area contributed by atoms with Crippen molar-refractivity contribution < 1.29 is 9.26 Å². The van der Waals surface area contributed by atoms with E-state index in [4.69, 9.17) is 9.26 Å². The van der Waals surface area contributed by atoms with Gasteiger partial charge in [0.15, 0.2) is 5.82 Å². The molecule has 9 heteroatoms. The molecular weight excluding hydrogens is 304 g/mol. The van der Waals surface area contributed by atoms with Crippen molar-refractivity contribution in [2.24, 2.45) is 0 Å². The molecule has 22 heavy (non-hydrogen) atoms. The van der Waals surface area contributed by atoms with Gasteiger partial charge in [0.25, 0.3) is 0 Å². The second-order valence-electron chi connectivity index (χ2n) is 4.30. The average molecular weight is 318 g/mol. The molecule has 2 heterocycles. The van der Waals surface area contributed by atoms with Crippen LogP contribution in [0.25, 0.3) is 5.69 Å². The summed E-state index contributed by atoms with van der Waals surface area (Å²) in [4.78, 5) is 4.16. The van der Waals surface area contributed by atoms with E-state index in [0.717, 1.165) is 11.4 Å². The van der Waals surface area contributed by atoms with Crippen LogP contribution in [0.4, 0.5) is 0 Å². The molecule has 2 aromatic heterocycles. The van der Waals surface area contributed by atoms with Gasteiger partial charge in [-0.05, 0) is 36.4 Å². The molecule has 3 aromatic rings. The van der Waals surface area contributed by atoms with Crippen molar-refractivity contribution >= 4 is 11.8 Å². The number of benzene rings is 1. The Kier molecular flexibility index (Phi) is 4.33. The number of aromatic nitrogens is 6. The number of aryl methyl sites for hydroxylation is 1. The maximum atomic E-state index is 5.62. The van der Waals surface area contributed by atoms with Crippen LogP contribution in [0, 0.1) is 6.92 Å². The summed E-state index contributed by atoms with van der Waals surface area (Å²) >= 11 is 1.42. The maximum absolute atomic E-state index is 5.62. The molecule has 0 N–H and O–H groups in total. The third-order valence-corrected chi connectivity index (χ3v) is 3.63. The van der Waals surface area contributed by atoms with Crippen LogP contribution < -0.4 is 4.74 Å². The first-order valence-electron chi connectivity index (χ1n) is 6.70. The van der Waals surface area contributed by atoms with E-state index in [1.165, 1.54) is 11.8 Å². The molecular formula is C13H14N6O2S. The third kappa shape index (κ3) is 3.08. The van der Waals surface area contributed by atoms with Crippen LogP contribution in [0.3, 0.4) is 0 Å². The molecule has 0 spiro atoms. The van der Waals surface area contributed by atoms with Crippen molar-refractivity contribution in [1.82, 2.24) is 30.3 Å². The monoisotopic (exact) mass is 318 g/mol. The highest BCUT2D eigenvalue weighted by atomic mass is 32.2. The van der Waals surface area contributed by atoms with Gasteiger partial charge in [-0.15, -0.1) is 5.10 Å². The fourth-order valence-electron chi connectivity index (χ4n) is 1.85. The Morgan fingerprint density at radius 1 is 1.32 bits per heavy atom. The lowest BCUT2D eigenvalue weighted by Gasteiger charge is -2.10. The van der Waals surface area contributed by atoms with Crippen LogP contribution in [-0.4, -0.2) is 37.0 Å². The largest absolute Gasteiger partial charge is 0.492 e. The average Bonchev–Trinajstić information content (AvgIpc) is 3.15. The van der Waals surface area contributed by atoms with E-state index >= 15 is 0 Å². The van der Waals surface area contributed by atoms with Crippen LogP contribution in [-0.2, 0) is 5.75 Å². The van der Waals surface area contributed by atoms with E-state index < -0.39 is 0 Å². The van der Waals surface area contributed by atoms with Crippen molar-refractivity contribution in [2.45, 2.75) is 24.8 Å². The highest BCUT2D eigenvalue weighted by Crippen LogP contribution is 2.27. The van der Waals surface area contributed by atoms with Gasteiger partial charge in [0, 0.05) is 0 Å². The summed E-state index contributed by atoms with van der Waals surface area (Å²) in [7, 11) is 0. The van der Waals surface area contributed by atoms with Gasteiger partial charge in [-0.3, -0.25) is 0 Å². The SMILES string of the molecule is CCOc1ccccc1-n1nnnc1SCc1nc(C)no1. The van der Waals surface area contributed by atoms with Crippen molar-refractivity contribution in [3.05, 3.63) is 36.0 Å². The van der Waals surface area contributed by atoms with Crippen LogP contribution in [0.5, 0.6) is 5.75 Å². The minimum atomic E-state index is 0.498. The van der Waals surface area contributed by atoms with Gasteiger partial charge in [0.05, 0.1) is 12.4 Å². The van der Waals surface area contributed by atoms with Gasteiger partial charge in [-0.25, -0.2) is 0 Å². The van der Waals surface area contributed by atoms with Gasteiger partial charge in [0.1, 0.15) is 11.4 Å². The Balaban J connectivity index is 1.83. The molecule has 114 valence electrons. The van der Waals surface area contributed by atoms with E-state index in [2.05, 4.69) is 25.7 Å². The Morgan fingerprint density at radius 3 is 2.95 bits per heavy atom. The number of ether oxygens (including phenoxy) is 1. The topological polar surface area (TPSA) is 91.8 Å². The fraction of sp³-hybridized carbons (Fsp3) is 0.308. The zero-order valence-electron chi connectivity index (χ0n) is 12.1. The fourth-order valence-corrected chi connectivity index (χ4v) is 2.58. The summed E-state index contributed by atoms with van der Waals surface area (Å²) in [5, 5.41) is 16.2. The van der Waals surface area contributed by atoms with E-state index in [1.54, 1.807) is 11.6 Å². The molecule has 0 aliphatic heterocycles. The smallest absolute Gasteiger partial charge is 0.237 e. The number of nitrogens with zero attached hydrogens (tertiary/aromatic N) is 6. The van der Waals surface area contributed by atoms with Gasteiger partial charge in [-0.1, -0.05) is 29.1 Å². The summed E-state index contributed by atoms with van der Waals surface area (Å²) in [6.45, 7) is 4.28. The summed E-state index contributed by atoms with van der Waals surface area (Å²) < 4.78 is 12.3. The van der Waals surface area contributed by atoms with Crippen molar-refractivity contribution in [3.8, 4) is 11.4 Å². The zero-order chi connectivity index (χ0) is 15.4. The molecule has 0 saturated heterocycles. The molecule has 3 rings (SSSR count). The molecule has 0 aliphatic rings. The third-order valence-electron chi connectivity index (χ3n) is 2.73. The first-order chi connectivity index (χ1) is 10.8. The number of para-hydroxylation sites is 2. The standard InChI is InChI=1S/C13H14N6O2S/c1-3-20-11-7-5-4-6-10(11)19-13(15-17-18-19)22-8-12-14-9(2)16-21-12/h4-7H,3,8H2,1-2H3. The highest BCUT2D eigenvalue weighted by Gasteiger charge is 2.14. The lowest BCUT2D eigenvalue weighted by Crippen LogP contribution is -2.03. The lowest BCUT2D eigenvalue weighted by atomic mass is 10.3. The quantitative estimate of drug-likeness (QED) is 0.638. The zero-order valence-corrected chi connectivity index (χ0v) is 12.9. The molecule has 0 amide bonds. The molecule has 0 aliphatic carbocycles. The second-order valence-corrected chi connectivity index (χ2v) is 5.24. The van der Waals surface area contributed by atoms with E-state index in [9.17, 15) is 0 Å². The minimum absolute atomic E-state index is 0.498. The summed E-state index contributed by atoms with van der Waals surface area (Å²) in [6, 6.07) is 7.61. The highest BCUT2D eigenvalue weighted by molar-refractivity contribution is 7.98. The predicted molar refractivity (Wildman–Crippen MR) is 78.9 cm³/mol. The molecule has 0 atom stereocenters. The van der Waals surface area contributed by atoms with Crippen molar-refractivity contribution in [3.63, 3.8) is 0 Å². The van der Waals surface area contributed by atoms with Crippen molar-refractivity contribution in [1.29, 1.82) is 0 Å². The normalized spacial score (nSPS) is 10.8. The van der Waals surface area contributed by atoms with Crippen LogP contribution >= 0.6 is 11.8 Å². The van der Waals surface area contributed by atoms with E-state index in [-0.39, 0.29) is 0 Å². The minimum Gasteiger partial charge on any atom is -0.492 e. The summed E-state index contributed by atoms with van der Waals surface area (Å²) in [6.07, 6.45) is 0. The maximum Gasteiger partial charge on any atom is 0.237 e. The number of tetrazole rings is 1. The molecule has 0 saturated carbocycles. The predicted octanol–water partition coefficient (Wildman–Crippen LogP) is 2.04. The van der Waals surface area contributed by atoms with Crippen molar-refractivity contribution in [2.75, 3.05) is 6.61 Å². The Bertz CT molecular complexity index is 756. The van der Waals surface area contributed by atoms with Crippen LogP contribution in [0.2, 0.25) is 0 Å². The molecule has 0 unspecified atom stereocenters. The molecule has 8 nitrogen and oxygen atoms in total. The number of rotatable bonds is 6. The number of hydrogen-bond acceptors (Lipinski definition) is 8. The molecule has 0 radical (unpaired) electrons. The van der Waals surface area contributed by atoms with E-state index in [0.29, 0.717) is 29.2 Å². The van der Waals surface area contributed by atoms with Crippen LogP contribution in [0.15, 0.2) is 33.9 Å². The lowest BCUT2D eigenvalue weighted by molar-refractivity contribution is 0.337.